The fourth-order valence-corrected chi connectivity index (χ4v) is 2.38. The van der Waals surface area contributed by atoms with Crippen molar-refractivity contribution in [1.29, 1.82) is 0 Å². The van der Waals surface area contributed by atoms with Gasteiger partial charge in [-0.25, -0.2) is 0 Å². The molecule has 0 aromatic heterocycles. The van der Waals surface area contributed by atoms with Crippen LogP contribution in [0.4, 0.5) is 0 Å². The molecule has 0 saturated heterocycles. The minimum atomic E-state index is 0.821. The van der Waals surface area contributed by atoms with E-state index in [1.54, 1.807) is 11.8 Å². The zero-order valence-electron chi connectivity index (χ0n) is 9.63. The second-order valence-corrected chi connectivity index (χ2v) is 5.07. The molecule has 1 nitrogen and oxygen atoms in total. The van der Waals surface area contributed by atoms with Crippen molar-refractivity contribution in [2.24, 2.45) is 0 Å². The lowest BCUT2D eigenvalue weighted by molar-refractivity contribution is 0.716. The summed E-state index contributed by atoms with van der Waals surface area (Å²) in [6.45, 7) is 8.15. The van der Waals surface area contributed by atoms with Gasteiger partial charge in [0.05, 0.1) is 5.02 Å². The molecule has 1 rings (SSSR count). The molecule has 1 aromatic rings. The van der Waals surface area contributed by atoms with Gasteiger partial charge in [-0.05, 0) is 25.1 Å². The first-order valence-corrected chi connectivity index (χ1v) is 6.85. The maximum absolute atomic E-state index is 6.07. The van der Waals surface area contributed by atoms with Crippen LogP contribution in [0.25, 0.3) is 0 Å². The predicted octanol–water partition coefficient (Wildman–Crippen LogP) is 3.99. The Kier molecular flexibility index (Phi) is 6.62. The van der Waals surface area contributed by atoms with Crippen LogP contribution in [-0.4, -0.2) is 18.8 Å². The summed E-state index contributed by atoms with van der Waals surface area (Å²) in [5.41, 5.74) is 1.21. The van der Waals surface area contributed by atoms with Crippen molar-refractivity contribution < 1.29 is 0 Å². The van der Waals surface area contributed by atoms with Gasteiger partial charge in [0, 0.05) is 17.2 Å². The lowest BCUT2D eigenvalue weighted by Gasteiger charge is -2.07. The van der Waals surface area contributed by atoms with E-state index in [0.717, 1.165) is 35.2 Å². The molecule has 0 amide bonds. The predicted molar refractivity (Wildman–Crippen MR) is 74.5 cm³/mol. The molecule has 0 fully saturated rings. The molecule has 3 heteroatoms. The van der Waals surface area contributed by atoms with Crippen LogP contribution in [0.15, 0.2) is 41.3 Å². The monoisotopic (exact) mass is 255 g/mol. The van der Waals surface area contributed by atoms with E-state index < -0.39 is 0 Å². The molecule has 0 saturated carbocycles. The average Bonchev–Trinajstić information content (AvgIpc) is 2.28. The molecular weight excluding hydrogens is 238 g/mol. The Balaban J connectivity index is 2.29. The molecule has 0 aliphatic carbocycles. The Labute approximate surface area is 107 Å². The minimum Gasteiger partial charge on any atom is -0.313 e. The van der Waals surface area contributed by atoms with E-state index in [1.807, 2.05) is 24.3 Å². The van der Waals surface area contributed by atoms with Gasteiger partial charge in [-0.2, -0.15) is 0 Å². The van der Waals surface area contributed by atoms with Gasteiger partial charge in [-0.1, -0.05) is 42.8 Å². The number of benzene rings is 1. The maximum atomic E-state index is 6.07. The van der Waals surface area contributed by atoms with E-state index in [0.29, 0.717) is 0 Å². The van der Waals surface area contributed by atoms with Crippen molar-refractivity contribution in [3.8, 4) is 0 Å². The van der Waals surface area contributed by atoms with Gasteiger partial charge in [0.15, 0.2) is 0 Å². The summed E-state index contributed by atoms with van der Waals surface area (Å²) in [5.74, 6) is 0.917. The van der Waals surface area contributed by atoms with Crippen molar-refractivity contribution in [3.63, 3.8) is 0 Å². The molecule has 1 N–H and O–H groups in total. The zero-order chi connectivity index (χ0) is 11.8. The van der Waals surface area contributed by atoms with Gasteiger partial charge >= 0.3 is 0 Å². The molecule has 0 unspecified atom stereocenters. The second-order valence-electron chi connectivity index (χ2n) is 3.65. The standard InChI is InChI=1S/C13H18ClNS/c1-3-8-15-9-11(2)10-16-13-7-5-4-6-12(13)14/h4-7,15H,2-3,8-10H2,1H3. The number of rotatable bonds is 7. The molecule has 0 aliphatic rings. The third kappa shape index (κ3) is 5.06. The van der Waals surface area contributed by atoms with Crippen molar-refractivity contribution in [1.82, 2.24) is 5.32 Å². The van der Waals surface area contributed by atoms with Gasteiger partial charge in [-0.3, -0.25) is 0 Å². The highest BCUT2D eigenvalue weighted by Crippen LogP contribution is 2.27. The van der Waals surface area contributed by atoms with E-state index in [4.69, 9.17) is 11.6 Å². The van der Waals surface area contributed by atoms with Gasteiger partial charge in [-0.15, -0.1) is 11.8 Å². The van der Waals surface area contributed by atoms with Crippen LogP contribution < -0.4 is 5.32 Å². The fraction of sp³-hybridized carbons (Fsp3) is 0.385. The summed E-state index contributed by atoms with van der Waals surface area (Å²) in [5, 5.41) is 4.16. The third-order valence-corrected chi connectivity index (χ3v) is 3.73. The van der Waals surface area contributed by atoms with Crippen molar-refractivity contribution in [2.45, 2.75) is 18.2 Å². The van der Waals surface area contributed by atoms with E-state index in [2.05, 4.69) is 18.8 Å². The molecule has 0 aliphatic heterocycles. The highest BCUT2D eigenvalue weighted by atomic mass is 35.5. The van der Waals surface area contributed by atoms with E-state index in [9.17, 15) is 0 Å². The largest absolute Gasteiger partial charge is 0.313 e. The van der Waals surface area contributed by atoms with Crippen LogP contribution in [0, 0.1) is 0 Å². The number of hydrogen-bond acceptors (Lipinski definition) is 2. The number of nitrogens with one attached hydrogen (secondary N) is 1. The molecular formula is C13H18ClNS. The summed E-state index contributed by atoms with van der Waals surface area (Å²) in [4.78, 5) is 1.13. The summed E-state index contributed by atoms with van der Waals surface area (Å²) in [7, 11) is 0. The van der Waals surface area contributed by atoms with E-state index in [1.165, 1.54) is 5.57 Å². The number of hydrogen-bond donors (Lipinski definition) is 1. The summed E-state index contributed by atoms with van der Waals surface area (Å²) in [6, 6.07) is 7.91. The summed E-state index contributed by atoms with van der Waals surface area (Å²) in [6.07, 6.45) is 1.16. The molecule has 0 radical (unpaired) electrons. The van der Waals surface area contributed by atoms with Crippen molar-refractivity contribution in [3.05, 3.63) is 41.4 Å². The number of halogens is 1. The van der Waals surface area contributed by atoms with Gasteiger partial charge < -0.3 is 5.32 Å². The van der Waals surface area contributed by atoms with Crippen LogP contribution >= 0.6 is 23.4 Å². The summed E-state index contributed by atoms with van der Waals surface area (Å²) < 4.78 is 0. The number of thioether (sulfide) groups is 1. The van der Waals surface area contributed by atoms with Crippen molar-refractivity contribution in [2.75, 3.05) is 18.8 Å². The lowest BCUT2D eigenvalue weighted by atomic mass is 10.3. The minimum absolute atomic E-state index is 0.821. The highest BCUT2D eigenvalue weighted by Gasteiger charge is 2.00. The van der Waals surface area contributed by atoms with E-state index in [-0.39, 0.29) is 0 Å². The first-order chi connectivity index (χ1) is 7.74. The molecule has 0 bridgehead atoms. The maximum Gasteiger partial charge on any atom is 0.0541 e. The van der Waals surface area contributed by atoms with Crippen LogP contribution in [0.1, 0.15) is 13.3 Å². The fourth-order valence-electron chi connectivity index (χ4n) is 1.23. The SMILES string of the molecule is C=C(CNCCC)CSc1ccccc1Cl. The normalized spacial score (nSPS) is 10.4. The average molecular weight is 256 g/mol. The van der Waals surface area contributed by atoms with Crippen LogP contribution in [0.5, 0.6) is 0 Å². The first kappa shape index (κ1) is 13.6. The lowest BCUT2D eigenvalue weighted by Crippen LogP contribution is -2.18. The van der Waals surface area contributed by atoms with Crippen LogP contribution in [0.3, 0.4) is 0 Å². The van der Waals surface area contributed by atoms with Gasteiger partial charge in [0.1, 0.15) is 0 Å². The zero-order valence-corrected chi connectivity index (χ0v) is 11.2. The topological polar surface area (TPSA) is 12.0 Å². The molecule has 0 spiro atoms. The molecule has 16 heavy (non-hydrogen) atoms. The third-order valence-electron chi connectivity index (χ3n) is 2.07. The van der Waals surface area contributed by atoms with Crippen LogP contribution in [0.2, 0.25) is 5.02 Å². The molecule has 0 heterocycles. The first-order valence-electron chi connectivity index (χ1n) is 5.48. The summed E-state index contributed by atoms with van der Waals surface area (Å²) >= 11 is 7.81. The van der Waals surface area contributed by atoms with Gasteiger partial charge in [0.2, 0.25) is 0 Å². The highest BCUT2D eigenvalue weighted by molar-refractivity contribution is 7.99. The quantitative estimate of drug-likeness (QED) is 0.449. The van der Waals surface area contributed by atoms with Crippen molar-refractivity contribution >= 4 is 23.4 Å². The Morgan fingerprint density at radius 2 is 2.19 bits per heavy atom. The molecule has 0 atom stereocenters. The van der Waals surface area contributed by atoms with Crippen LogP contribution in [-0.2, 0) is 0 Å². The second kappa shape index (κ2) is 7.77. The Bertz CT molecular complexity index is 338. The Hall–Kier alpha value is -0.440. The smallest absolute Gasteiger partial charge is 0.0541 e. The molecule has 88 valence electrons. The Morgan fingerprint density at radius 1 is 1.44 bits per heavy atom. The van der Waals surface area contributed by atoms with Gasteiger partial charge in [0.25, 0.3) is 0 Å². The molecule has 1 aromatic carbocycles. The Morgan fingerprint density at radius 3 is 2.88 bits per heavy atom. The van der Waals surface area contributed by atoms with E-state index >= 15 is 0 Å².